The van der Waals surface area contributed by atoms with Gasteiger partial charge in [0.25, 0.3) is 0 Å². The second-order valence-electron chi connectivity index (χ2n) is 9.54. The van der Waals surface area contributed by atoms with Crippen molar-refractivity contribution in [1.29, 1.82) is 0 Å². The van der Waals surface area contributed by atoms with Crippen molar-refractivity contribution in [2.45, 2.75) is 51.2 Å². The van der Waals surface area contributed by atoms with E-state index in [2.05, 4.69) is 16.7 Å². The van der Waals surface area contributed by atoms with E-state index < -0.39 is 5.54 Å². The minimum absolute atomic E-state index is 0.0620. The smallest absolute Gasteiger partial charge is 0.242 e. The van der Waals surface area contributed by atoms with Gasteiger partial charge in [-0.25, -0.2) is 0 Å². The van der Waals surface area contributed by atoms with E-state index in [4.69, 9.17) is 23.2 Å². The predicted molar refractivity (Wildman–Crippen MR) is 131 cm³/mol. The molecule has 1 aliphatic heterocycles. The van der Waals surface area contributed by atoms with Gasteiger partial charge in [0.1, 0.15) is 5.75 Å². The Morgan fingerprint density at radius 3 is 2.59 bits per heavy atom. The lowest BCUT2D eigenvalue weighted by Gasteiger charge is -2.49. The van der Waals surface area contributed by atoms with Gasteiger partial charge in [0.05, 0.1) is 16.2 Å². The molecule has 4 rings (SSSR count). The number of fused-ring (bicyclic) bond motifs is 1. The molecule has 7 heteroatoms. The monoisotopic (exact) mass is 475 g/mol. The fourth-order valence-electron chi connectivity index (χ4n) is 5.34. The predicted octanol–water partition coefficient (Wildman–Crippen LogP) is 4.61. The van der Waals surface area contributed by atoms with E-state index in [0.717, 1.165) is 42.9 Å². The van der Waals surface area contributed by atoms with Crippen LogP contribution in [-0.2, 0) is 17.6 Å². The molecule has 1 amide bonds. The Balaban J connectivity index is 1.46. The van der Waals surface area contributed by atoms with Crippen LogP contribution in [-0.4, -0.2) is 65.1 Å². The van der Waals surface area contributed by atoms with Crippen molar-refractivity contribution in [2.24, 2.45) is 0 Å². The van der Waals surface area contributed by atoms with Crippen molar-refractivity contribution < 1.29 is 9.90 Å². The maximum Gasteiger partial charge on any atom is 0.242 e. The van der Waals surface area contributed by atoms with Crippen molar-refractivity contribution in [3.05, 3.63) is 57.6 Å². The number of carbonyl (C=O) groups excluding carboxylic acids is 1. The summed E-state index contributed by atoms with van der Waals surface area (Å²) in [6.07, 6.45) is 1.47. The zero-order chi connectivity index (χ0) is 23.2. The van der Waals surface area contributed by atoms with Crippen LogP contribution in [0.25, 0.3) is 0 Å². The Kier molecular flexibility index (Phi) is 6.36. The summed E-state index contributed by atoms with van der Waals surface area (Å²) in [4.78, 5) is 20.1. The second-order valence-corrected chi connectivity index (χ2v) is 10.4. The summed E-state index contributed by atoms with van der Waals surface area (Å²) in [5.74, 6) is 0.436. The Labute approximate surface area is 200 Å². The molecule has 1 heterocycles. The van der Waals surface area contributed by atoms with Crippen LogP contribution in [0, 0.1) is 0 Å². The maximum absolute atomic E-state index is 13.7. The van der Waals surface area contributed by atoms with E-state index in [9.17, 15) is 9.90 Å². The number of halogens is 2. The fourth-order valence-corrected chi connectivity index (χ4v) is 5.74. The summed E-state index contributed by atoms with van der Waals surface area (Å²) >= 11 is 12.6. The summed E-state index contributed by atoms with van der Waals surface area (Å²) in [6.45, 7) is 8.48. The number of carbonyl (C=O) groups is 1. The quantitative estimate of drug-likeness (QED) is 0.700. The SMILES string of the molecule is CC1CN(c2cc(Cl)ccc2Cl)CCN1C(C)(C)C(=O)N(C)C1Cc2cccc(O)c2C1. The van der Waals surface area contributed by atoms with Gasteiger partial charge in [0.2, 0.25) is 5.91 Å². The normalized spacial score (nSPS) is 21.5. The minimum atomic E-state index is -0.644. The van der Waals surface area contributed by atoms with Crippen molar-refractivity contribution >= 4 is 34.8 Å². The first-order valence-electron chi connectivity index (χ1n) is 11.1. The minimum Gasteiger partial charge on any atom is -0.508 e. The number of likely N-dealkylation sites (N-methyl/N-ethyl adjacent to an activating group) is 1. The lowest BCUT2D eigenvalue weighted by Crippen LogP contribution is -2.65. The average Bonchev–Trinajstić information content (AvgIpc) is 3.20. The van der Waals surface area contributed by atoms with Crippen molar-refractivity contribution in [3.8, 4) is 5.75 Å². The molecule has 172 valence electrons. The van der Waals surface area contributed by atoms with E-state index in [0.29, 0.717) is 22.2 Å². The largest absolute Gasteiger partial charge is 0.508 e. The van der Waals surface area contributed by atoms with Crippen molar-refractivity contribution in [3.63, 3.8) is 0 Å². The number of nitrogens with zero attached hydrogens (tertiary/aromatic N) is 3. The number of benzene rings is 2. The number of rotatable bonds is 4. The molecule has 0 radical (unpaired) electrons. The number of amides is 1. The van der Waals surface area contributed by atoms with E-state index in [1.807, 2.05) is 50.1 Å². The van der Waals surface area contributed by atoms with Gasteiger partial charge < -0.3 is 14.9 Å². The molecule has 2 unspecified atom stereocenters. The second kappa shape index (κ2) is 8.77. The van der Waals surface area contributed by atoms with Gasteiger partial charge in [0, 0.05) is 43.8 Å². The Morgan fingerprint density at radius 2 is 1.91 bits per heavy atom. The van der Waals surface area contributed by atoms with Crippen molar-refractivity contribution in [2.75, 3.05) is 31.6 Å². The summed E-state index contributed by atoms with van der Waals surface area (Å²) in [6, 6.07) is 11.4. The molecule has 0 aromatic heterocycles. The van der Waals surface area contributed by atoms with Crippen LogP contribution in [0.3, 0.4) is 0 Å². The molecule has 0 saturated carbocycles. The number of aromatic hydroxyl groups is 1. The highest BCUT2D eigenvalue weighted by Gasteiger charge is 2.43. The van der Waals surface area contributed by atoms with Gasteiger partial charge in [-0.3, -0.25) is 9.69 Å². The highest BCUT2D eigenvalue weighted by molar-refractivity contribution is 6.35. The molecule has 5 nitrogen and oxygen atoms in total. The number of phenols is 1. The molecule has 1 saturated heterocycles. The molecule has 2 aromatic carbocycles. The van der Waals surface area contributed by atoms with E-state index in [1.54, 1.807) is 12.1 Å². The Hall–Kier alpha value is -1.95. The van der Waals surface area contributed by atoms with E-state index in [-0.39, 0.29) is 18.0 Å². The molecule has 1 aliphatic carbocycles. The van der Waals surface area contributed by atoms with Gasteiger partial charge >= 0.3 is 0 Å². The van der Waals surface area contributed by atoms with Gasteiger partial charge in [-0.05, 0) is 69.0 Å². The summed E-state index contributed by atoms with van der Waals surface area (Å²) in [5.41, 5.74) is 2.40. The third-order valence-electron chi connectivity index (χ3n) is 7.13. The van der Waals surface area contributed by atoms with Gasteiger partial charge in [0.15, 0.2) is 0 Å². The zero-order valence-corrected chi connectivity index (χ0v) is 20.6. The van der Waals surface area contributed by atoms with Crippen LogP contribution in [0.15, 0.2) is 36.4 Å². The summed E-state index contributed by atoms with van der Waals surface area (Å²) in [7, 11) is 1.89. The molecular formula is C25H31Cl2N3O2. The third kappa shape index (κ3) is 4.18. The number of anilines is 1. The molecule has 2 atom stereocenters. The van der Waals surface area contributed by atoms with Crippen LogP contribution >= 0.6 is 23.2 Å². The van der Waals surface area contributed by atoms with Crippen molar-refractivity contribution in [1.82, 2.24) is 9.80 Å². The number of hydrogen-bond donors (Lipinski definition) is 1. The molecule has 2 aliphatic rings. The van der Waals surface area contributed by atoms with E-state index >= 15 is 0 Å². The average molecular weight is 476 g/mol. The highest BCUT2D eigenvalue weighted by Crippen LogP contribution is 2.35. The fraction of sp³-hybridized carbons (Fsp3) is 0.480. The van der Waals surface area contributed by atoms with Crippen LogP contribution in [0.4, 0.5) is 5.69 Å². The topological polar surface area (TPSA) is 47.0 Å². The zero-order valence-electron chi connectivity index (χ0n) is 19.1. The van der Waals surface area contributed by atoms with Gasteiger partial charge in [-0.2, -0.15) is 0 Å². The van der Waals surface area contributed by atoms with Crippen LogP contribution < -0.4 is 4.90 Å². The molecule has 0 spiro atoms. The van der Waals surface area contributed by atoms with Crippen LogP contribution in [0.1, 0.15) is 31.9 Å². The summed E-state index contributed by atoms with van der Waals surface area (Å²) in [5, 5.41) is 11.5. The molecular weight excluding hydrogens is 445 g/mol. The van der Waals surface area contributed by atoms with Gasteiger partial charge in [-0.1, -0.05) is 35.3 Å². The number of piperazine rings is 1. The van der Waals surface area contributed by atoms with Gasteiger partial charge in [-0.15, -0.1) is 0 Å². The lowest BCUT2D eigenvalue weighted by atomic mass is 9.95. The molecule has 1 fully saturated rings. The highest BCUT2D eigenvalue weighted by atomic mass is 35.5. The molecule has 0 bridgehead atoms. The molecule has 1 N–H and O–H groups in total. The first-order chi connectivity index (χ1) is 15.1. The third-order valence-corrected chi connectivity index (χ3v) is 7.68. The first kappa shape index (κ1) is 23.2. The number of hydrogen-bond acceptors (Lipinski definition) is 4. The van der Waals surface area contributed by atoms with E-state index in [1.165, 1.54) is 0 Å². The molecule has 32 heavy (non-hydrogen) atoms. The Morgan fingerprint density at radius 1 is 1.16 bits per heavy atom. The standard InChI is InChI=1S/C25H31Cl2N3O2/c1-16-15-29(22-13-18(26)8-9-21(22)27)10-11-30(16)25(2,3)24(32)28(4)19-12-17-6-5-7-23(31)20(17)14-19/h5-9,13,16,19,31H,10-12,14-15H2,1-4H3. The molecule has 2 aromatic rings. The van der Waals surface area contributed by atoms with Crippen LogP contribution in [0.5, 0.6) is 5.75 Å². The lowest BCUT2D eigenvalue weighted by molar-refractivity contribution is -0.145. The Bertz CT molecular complexity index is 1030. The number of phenolic OH excluding ortho intramolecular Hbond substituents is 1. The first-order valence-corrected chi connectivity index (χ1v) is 11.9. The summed E-state index contributed by atoms with van der Waals surface area (Å²) < 4.78 is 0. The van der Waals surface area contributed by atoms with Crippen LogP contribution in [0.2, 0.25) is 10.0 Å². The maximum atomic E-state index is 13.7.